The van der Waals surface area contributed by atoms with Crippen LogP contribution in [0.15, 0.2) is 35.0 Å². The zero-order valence-electron chi connectivity index (χ0n) is 11.5. The van der Waals surface area contributed by atoms with Gasteiger partial charge in [-0.25, -0.2) is 4.63 Å². The third-order valence-electron chi connectivity index (χ3n) is 3.13. The fraction of sp³-hybridized carbons (Fsp3) is 0.0769. The van der Waals surface area contributed by atoms with E-state index in [9.17, 15) is 23.3 Å². The number of aromatic nitrogens is 2. The van der Waals surface area contributed by atoms with Gasteiger partial charge in [0.2, 0.25) is 5.52 Å². The maximum atomic E-state index is 12.9. The molecule has 3 aromatic rings. The minimum absolute atomic E-state index is 0.0226. The van der Waals surface area contributed by atoms with Gasteiger partial charge >= 0.3 is 11.9 Å². The topological polar surface area (TPSA) is 94.1 Å². The Bertz CT molecular complexity index is 942. The average Bonchev–Trinajstić information content (AvgIpc) is 2.95. The van der Waals surface area contributed by atoms with Crippen LogP contribution in [-0.2, 0) is 6.18 Å². The van der Waals surface area contributed by atoms with Crippen LogP contribution >= 0.6 is 11.6 Å². The van der Waals surface area contributed by atoms with Crippen molar-refractivity contribution in [2.24, 2.45) is 0 Å². The van der Waals surface area contributed by atoms with Gasteiger partial charge in [0.25, 0.3) is 0 Å². The molecule has 0 fully saturated rings. The molecule has 1 N–H and O–H groups in total. The minimum Gasteiger partial charge on any atom is -0.350 e. The van der Waals surface area contributed by atoms with Crippen molar-refractivity contribution in [2.75, 3.05) is 5.32 Å². The molecule has 0 atom stereocenters. The van der Waals surface area contributed by atoms with Crippen LogP contribution in [0.1, 0.15) is 5.56 Å². The molecule has 0 aliphatic rings. The first-order chi connectivity index (χ1) is 11.3. The first-order valence-electron chi connectivity index (χ1n) is 6.31. The smallest absolute Gasteiger partial charge is 0.350 e. The van der Waals surface area contributed by atoms with E-state index in [0.29, 0.717) is 0 Å². The summed E-state index contributed by atoms with van der Waals surface area (Å²) in [5.41, 5.74) is -1.56. The lowest BCUT2D eigenvalue weighted by Crippen LogP contribution is -2.07. The lowest BCUT2D eigenvalue weighted by atomic mass is 10.1. The highest BCUT2D eigenvalue weighted by Gasteiger charge is 2.33. The molecule has 0 amide bonds. The minimum atomic E-state index is -4.65. The SMILES string of the molecule is O=[N+]([O-])c1c(Nc2ccc(Cl)c(C(F)(F)F)c2)ccc2nonc12. The molecule has 0 bridgehead atoms. The number of alkyl halides is 3. The van der Waals surface area contributed by atoms with Crippen molar-refractivity contribution in [1.29, 1.82) is 0 Å². The van der Waals surface area contributed by atoms with Gasteiger partial charge < -0.3 is 5.32 Å². The third-order valence-corrected chi connectivity index (χ3v) is 3.46. The van der Waals surface area contributed by atoms with E-state index in [-0.39, 0.29) is 22.4 Å². The first kappa shape index (κ1) is 16.0. The van der Waals surface area contributed by atoms with Gasteiger partial charge in [-0.05, 0) is 40.6 Å². The summed E-state index contributed by atoms with van der Waals surface area (Å²) in [7, 11) is 0. The van der Waals surface area contributed by atoms with Crippen molar-refractivity contribution in [3.05, 3.63) is 51.0 Å². The number of nitro benzene ring substituents is 1. The summed E-state index contributed by atoms with van der Waals surface area (Å²) in [5.74, 6) is 0. The Hall–Kier alpha value is -2.88. The summed E-state index contributed by atoms with van der Waals surface area (Å²) in [5, 5.41) is 20.3. The lowest BCUT2D eigenvalue weighted by molar-refractivity contribution is -0.382. The largest absolute Gasteiger partial charge is 0.417 e. The molecule has 0 spiro atoms. The molecule has 0 radical (unpaired) electrons. The zero-order valence-corrected chi connectivity index (χ0v) is 12.2. The number of benzene rings is 2. The molecule has 24 heavy (non-hydrogen) atoms. The Kier molecular flexibility index (Phi) is 3.76. The van der Waals surface area contributed by atoms with Crippen molar-refractivity contribution in [3.8, 4) is 0 Å². The quantitative estimate of drug-likeness (QED) is 0.545. The van der Waals surface area contributed by atoms with Gasteiger partial charge in [0.15, 0.2) is 0 Å². The molecular weight excluding hydrogens is 353 g/mol. The fourth-order valence-electron chi connectivity index (χ4n) is 2.10. The fourth-order valence-corrected chi connectivity index (χ4v) is 2.32. The molecule has 124 valence electrons. The normalized spacial score (nSPS) is 11.7. The van der Waals surface area contributed by atoms with Crippen molar-refractivity contribution in [1.82, 2.24) is 10.3 Å². The maximum absolute atomic E-state index is 12.9. The molecule has 3 rings (SSSR count). The number of nitrogens with one attached hydrogen (secondary N) is 1. The molecule has 0 saturated heterocycles. The molecule has 11 heteroatoms. The number of anilines is 2. The molecule has 0 aliphatic heterocycles. The van der Waals surface area contributed by atoms with E-state index in [4.69, 9.17) is 11.6 Å². The van der Waals surface area contributed by atoms with E-state index < -0.39 is 27.4 Å². The number of hydrogen-bond donors (Lipinski definition) is 1. The average molecular weight is 359 g/mol. The molecule has 0 unspecified atom stereocenters. The van der Waals surface area contributed by atoms with Gasteiger partial charge in [-0.2, -0.15) is 13.2 Å². The molecule has 1 aromatic heterocycles. The predicted octanol–water partition coefficient (Wildman–Crippen LogP) is 4.55. The van der Waals surface area contributed by atoms with E-state index in [0.717, 1.165) is 12.1 Å². The molecule has 1 heterocycles. The maximum Gasteiger partial charge on any atom is 0.417 e. The number of halogens is 4. The summed E-state index contributed by atoms with van der Waals surface area (Å²) in [6, 6.07) is 5.77. The van der Waals surface area contributed by atoms with Crippen molar-refractivity contribution >= 4 is 39.7 Å². The molecule has 7 nitrogen and oxygen atoms in total. The van der Waals surface area contributed by atoms with Crippen molar-refractivity contribution < 1.29 is 22.7 Å². The van der Waals surface area contributed by atoms with E-state index in [2.05, 4.69) is 20.3 Å². The van der Waals surface area contributed by atoms with Gasteiger partial charge in [0.1, 0.15) is 11.2 Å². The summed E-state index contributed by atoms with van der Waals surface area (Å²) in [6.45, 7) is 0. The van der Waals surface area contributed by atoms with Gasteiger partial charge in [-0.15, -0.1) is 0 Å². The third kappa shape index (κ3) is 2.83. The van der Waals surface area contributed by atoms with Gasteiger partial charge in [-0.3, -0.25) is 10.1 Å². The summed E-state index contributed by atoms with van der Waals surface area (Å²) in [6.07, 6.45) is -4.65. The van der Waals surface area contributed by atoms with Gasteiger partial charge in [0.05, 0.1) is 15.5 Å². The highest BCUT2D eigenvalue weighted by molar-refractivity contribution is 6.31. The summed E-state index contributed by atoms with van der Waals surface area (Å²) in [4.78, 5) is 10.5. The Morgan fingerprint density at radius 1 is 1.21 bits per heavy atom. The first-order valence-corrected chi connectivity index (χ1v) is 6.68. The molecular formula is C13H6ClF3N4O3. The second-order valence-electron chi connectivity index (χ2n) is 4.67. The lowest BCUT2D eigenvalue weighted by Gasteiger charge is -2.12. The zero-order chi connectivity index (χ0) is 17.5. The van der Waals surface area contributed by atoms with Gasteiger partial charge in [-0.1, -0.05) is 11.6 Å². The molecule has 0 aliphatic carbocycles. The van der Waals surface area contributed by atoms with Crippen molar-refractivity contribution in [2.45, 2.75) is 6.18 Å². The van der Waals surface area contributed by atoms with Crippen LogP contribution < -0.4 is 5.32 Å². The monoisotopic (exact) mass is 358 g/mol. The van der Waals surface area contributed by atoms with Crippen LogP contribution in [0.3, 0.4) is 0 Å². The number of rotatable bonds is 3. The number of nitro groups is 1. The number of nitrogens with zero attached hydrogens (tertiary/aromatic N) is 3. The van der Waals surface area contributed by atoms with Crippen LogP contribution in [0.4, 0.5) is 30.2 Å². The summed E-state index contributed by atoms with van der Waals surface area (Å²) < 4.78 is 43.1. The van der Waals surface area contributed by atoms with E-state index in [1.807, 2.05) is 0 Å². The Morgan fingerprint density at radius 2 is 1.96 bits per heavy atom. The predicted molar refractivity (Wildman–Crippen MR) is 78.2 cm³/mol. The Morgan fingerprint density at radius 3 is 2.62 bits per heavy atom. The van der Waals surface area contributed by atoms with Crippen LogP contribution in [0, 0.1) is 10.1 Å². The van der Waals surface area contributed by atoms with Crippen molar-refractivity contribution in [3.63, 3.8) is 0 Å². The Balaban J connectivity index is 2.07. The van der Waals surface area contributed by atoms with E-state index >= 15 is 0 Å². The second kappa shape index (κ2) is 5.64. The van der Waals surface area contributed by atoms with E-state index in [1.165, 1.54) is 18.2 Å². The van der Waals surface area contributed by atoms with Crippen LogP contribution in [0.2, 0.25) is 5.02 Å². The summed E-state index contributed by atoms with van der Waals surface area (Å²) >= 11 is 5.54. The number of hydrogen-bond acceptors (Lipinski definition) is 6. The Labute approximate surface area is 136 Å². The standard InChI is InChI=1S/C13H6ClF3N4O3/c14-8-2-1-6(5-7(8)13(15,16)17)18-10-4-3-9-11(20-24-19-9)12(10)21(22)23/h1-5,18H. The van der Waals surface area contributed by atoms with Crippen LogP contribution in [-0.4, -0.2) is 15.2 Å². The van der Waals surface area contributed by atoms with Crippen LogP contribution in [0.5, 0.6) is 0 Å². The number of fused-ring (bicyclic) bond motifs is 1. The van der Waals surface area contributed by atoms with Crippen LogP contribution in [0.25, 0.3) is 11.0 Å². The molecule has 2 aromatic carbocycles. The van der Waals surface area contributed by atoms with E-state index in [1.54, 1.807) is 0 Å². The highest BCUT2D eigenvalue weighted by Crippen LogP contribution is 2.38. The second-order valence-corrected chi connectivity index (χ2v) is 5.08. The molecule has 0 saturated carbocycles. The van der Waals surface area contributed by atoms with Gasteiger partial charge in [0, 0.05) is 5.69 Å². The highest BCUT2D eigenvalue weighted by atomic mass is 35.5.